The van der Waals surface area contributed by atoms with E-state index < -0.39 is 0 Å². The molecule has 3 rings (SSSR count). The van der Waals surface area contributed by atoms with E-state index in [0.29, 0.717) is 12.1 Å². The first-order chi connectivity index (χ1) is 12.3. The summed E-state index contributed by atoms with van der Waals surface area (Å²) in [5.74, 6) is -0.157. The van der Waals surface area contributed by atoms with Crippen LogP contribution in [-0.2, 0) is 12.0 Å². The summed E-state index contributed by atoms with van der Waals surface area (Å²) in [4.78, 5) is 30.1. The van der Waals surface area contributed by atoms with E-state index in [1.807, 2.05) is 19.9 Å². The first-order valence-corrected chi connectivity index (χ1v) is 8.58. The maximum atomic E-state index is 12.6. The third-order valence-corrected chi connectivity index (χ3v) is 4.28. The zero-order valence-corrected chi connectivity index (χ0v) is 15.8. The quantitative estimate of drug-likeness (QED) is 0.785. The van der Waals surface area contributed by atoms with E-state index in [1.165, 1.54) is 6.33 Å². The summed E-state index contributed by atoms with van der Waals surface area (Å²) in [6.45, 7) is 10.5. The van der Waals surface area contributed by atoms with Crippen molar-refractivity contribution in [3.8, 4) is 0 Å². The highest BCUT2D eigenvalue weighted by molar-refractivity contribution is 5.97. The number of nitrogens with zero attached hydrogens (tertiary/aromatic N) is 4. The minimum Gasteiger partial charge on any atom is -0.348 e. The number of carbonyl (C=O) groups is 1. The molecule has 1 amide bonds. The Kier molecular flexibility index (Phi) is 4.68. The van der Waals surface area contributed by atoms with E-state index in [9.17, 15) is 4.79 Å². The molecule has 0 radical (unpaired) electrons. The van der Waals surface area contributed by atoms with Crippen molar-refractivity contribution in [2.75, 3.05) is 0 Å². The van der Waals surface area contributed by atoms with Crippen LogP contribution in [0.5, 0.6) is 0 Å². The van der Waals surface area contributed by atoms with Gasteiger partial charge in [-0.15, -0.1) is 0 Å². The summed E-state index contributed by atoms with van der Waals surface area (Å²) in [6.07, 6.45) is 3.30. The number of nitrogens with one attached hydrogen (secondary N) is 1. The monoisotopic (exact) mass is 349 g/mol. The maximum absolute atomic E-state index is 12.6. The Morgan fingerprint density at radius 2 is 1.77 bits per heavy atom. The second kappa shape index (κ2) is 6.78. The Bertz CT molecular complexity index is 976. The van der Waals surface area contributed by atoms with Crippen molar-refractivity contribution < 1.29 is 4.79 Å². The predicted molar refractivity (Wildman–Crippen MR) is 101 cm³/mol. The molecule has 0 saturated heterocycles. The van der Waals surface area contributed by atoms with Crippen LogP contribution >= 0.6 is 0 Å². The Morgan fingerprint density at radius 1 is 1.08 bits per heavy atom. The molecule has 6 nitrogen and oxygen atoms in total. The minimum absolute atomic E-state index is 0.114. The van der Waals surface area contributed by atoms with Gasteiger partial charge in [0.1, 0.15) is 6.33 Å². The molecule has 0 bridgehead atoms. The van der Waals surface area contributed by atoms with Gasteiger partial charge in [0, 0.05) is 29.3 Å². The molecule has 6 heteroatoms. The lowest BCUT2D eigenvalue weighted by Gasteiger charge is -2.21. The van der Waals surface area contributed by atoms with Crippen molar-refractivity contribution in [3.63, 3.8) is 0 Å². The fourth-order valence-corrected chi connectivity index (χ4v) is 2.81. The number of aromatic nitrogens is 4. The molecule has 0 aliphatic rings. The molecule has 0 spiro atoms. The number of carbonyl (C=O) groups excluding carboxylic acids is 1. The molecule has 0 unspecified atom stereocenters. The van der Waals surface area contributed by atoms with Crippen LogP contribution < -0.4 is 5.32 Å². The van der Waals surface area contributed by atoms with Crippen molar-refractivity contribution in [1.82, 2.24) is 25.3 Å². The molecule has 0 aliphatic heterocycles. The minimum atomic E-state index is -0.157. The van der Waals surface area contributed by atoms with Gasteiger partial charge in [0.15, 0.2) is 0 Å². The average Bonchev–Trinajstić information content (AvgIpc) is 2.59. The normalized spacial score (nSPS) is 11.6. The lowest BCUT2D eigenvalue weighted by molar-refractivity contribution is 0.0950. The van der Waals surface area contributed by atoms with E-state index in [-0.39, 0.29) is 11.3 Å². The lowest BCUT2D eigenvalue weighted by Crippen LogP contribution is -2.26. The second-order valence-corrected chi connectivity index (χ2v) is 7.43. The number of hydrogen-bond acceptors (Lipinski definition) is 5. The van der Waals surface area contributed by atoms with Gasteiger partial charge in [-0.1, -0.05) is 20.8 Å². The largest absolute Gasteiger partial charge is 0.348 e. The Hall–Kier alpha value is -2.89. The molecule has 2 aromatic heterocycles. The van der Waals surface area contributed by atoms with Gasteiger partial charge in [-0.25, -0.2) is 19.9 Å². The van der Waals surface area contributed by atoms with Gasteiger partial charge < -0.3 is 5.32 Å². The van der Waals surface area contributed by atoms with Crippen molar-refractivity contribution in [1.29, 1.82) is 0 Å². The number of amides is 1. The highest BCUT2D eigenvalue weighted by atomic mass is 16.1. The summed E-state index contributed by atoms with van der Waals surface area (Å²) in [5, 5.41) is 2.95. The van der Waals surface area contributed by atoms with Crippen molar-refractivity contribution in [2.24, 2.45) is 0 Å². The van der Waals surface area contributed by atoms with Crippen molar-refractivity contribution in [2.45, 2.75) is 46.6 Å². The van der Waals surface area contributed by atoms with Crippen LogP contribution in [0.25, 0.3) is 11.0 Å². The van der Waals surface area contributed by atoms with Gasteiger partial charge in [0.2, 0.25) is 0 Å². The molecular weight excluding hydrogens is 326 g/mol. The second-order valence-electron chi connectivity index (χ2n) is 7.43. The number of benzene rings is 1. The third-order valence-electron chi connectivity index (χ3n) is 4.28. The third kappa shape index (κ3) is 3.69. The first kappa shape index (κ1) is 17.9. The molecule has 2 heterocycles. The number of hydrogen-bond donors (Lipinski definition) is 1. The van der Waals surface area contributed by atoms with Gasteiger partial charge in [-0.3, -0.25) is 4.79 Å². The molecule has 0 aliphatic carbocycles. The fraction of sp³-hybridized carbons (Fsp3) is 0.350. The summed E-state index contributed by atoms with van der Waals surface area (Å²) in [5.41, 5.74) is 5.57. The van der Waals surface area contributed by atoms with E-state index in [4.69, 9.17) is 0 Å². The van der Waals surface area contributed by atoms with Crippen molar-refractivity contribution >= 4 is 16.9 Å². The van der Waals surface area contributed by atoms with Gasteiger partial charge in [0.25, 0.3) is 5.91 Å². The molecule has 0 saturated carbocycles. The number of aryl methyl sites for hydroxylation is 2. The van der Waals surface area contributed by atoms with Crippen LogP contribution in [-0.4, -0.2) is 25.8 Å². The first-order valence-electron chi connectivity index (χ1n) is 8.58. The average molecular weight is 349 g/mol. The van der Waals surface area contributed by atoms with E-state index >= 15 is 0 Å². The van der Waals surface area contributed by atoms with Gasteiger partial charge in [-0.05, 0) is 32.0 Å². The van der Waals surface area contributed by atoms with Crippen LogP contribution in [0.4, 0.5) is 0 Å². The maximum Gasteiger partial charge on any atom is 0.251 e. The smallest absolute Gasteiger partial charge is 0.251 e. The van der Waals surface area contributed by atoms with E-state index in [1.54, 1.807) is 18.3 Å². The molecule has 1 N–H and O–H groups in total. The standard InChI is InChI=1S/C20H23N5O/c1-12-13(2)25-17-8-14(6-7-16(17)24-12)19(26)22-10-15-9-21-11-23-18(15)20(3,4)5/h6-9,11H,10H2,1-5H3,(H,22,26). The number of rotatable bonds is 3. The highest BCUT2D eigenvalue weighted by Crippen LogP contribution is 2.23. The van der Waals surface area contributed by atoms with Gasteiger partial charge in [-0.2, -0.15) is 0 Å². The van der Waals surface area contributed by atoms with Crippen LogP contribution in [0, 0.1) is 13.8 Å². The Balaban J connectivity index is 1.81. The Labute approximate surface area is 153 Å². The van der Waals surface area contributed by atoms with E-state index in [0.717, 1.165) is 33.7 Å². The van der Waals surface area contributed by atoms with Gasteiger partial charge >= 0.3 is 0 Å². The van der Waals surface area contributed by atoms with Crippen LogP contribution in [0.1, 0.15) is 53.8 Å². The number of fused-ring (bicyclic) bond motifs is 1. The summed E-state index contributed by atoms with van der Waals surface area (Å²) in [6, 6.07) is 5.37. The molecule has 26 heavy (non-hydrogen) atoms. The zero-order chi connectivity index (χ0) is 18.9. The molecular formula is C20H23N5O. The van der Waals surface area contributed by atoms with Crippen LogP contribution in [0.2, 0.25) is 0 Å². The zero-order valence-electron chi connectivity index (χ0n) is 15.8. The molecule has 0 fully saturated rings. The van der Waals surface area contributed by atoms with Gasteiger partial charge in [0.05, 0.1) is 28.1 Å². The summed E-state index contributed by atoms with van der Waals surface area (Å²) < 4.78 is 0. The fourth-order valence-electron chi connectivity index (χ4n) is 2.81. The molecule has 1 aromatic carbocycles. The predicted octanol–water partition coefficient (Wildman–Crippen LogP) is 3.26. The highest BCUT2D eigenvalue weighted by Gasteiger charge is 2.20. The van der Waals surface area contributed by atoms with Crippen LogP contribution in [0.3, 0.4) is 0 Å². The SMILES string of the molecule is Cc1nc2ccc(C(=O)NCc3cncnc3C(C)(C)C)cc2nc1C. The summed E-state index contributed by atoms with van der Waals surface area (Å²) >= 11 is 0. The van der Waals surface area contributed by atoms with Crippen molar-refractivity contribution in [3.05, 3.63) is 58.9 Å². The topological polar surface area (TPSA) is 80.7 Å². The molecule has 134 valence electrons. The summed E-state index contributed by atoms with van der Waals surface area (Å²) in [7, 11) is 0. The van der Waals surface area contributed by atoms with Crippen LogP contribution in [0.15, 0.2) is 30.7 Å². The molecule has 3 aromatic rings. The molecule has 0 atom stereocenters. The van der Waals surface area contributed by atoms with E-state index in [2.05, 4.69) is 46.0 Å². The Morgan fingerprint density at radius 3 is 2.46 bits per heavy atom. The lowest BCUT2D eigenvalue weighted by atomic mass is 9.89.